The van der Waals surface area contributed by atoms with Crippen molar-refractivity contribution >= 4 is 11.8 Å². The summed E-state index contributed by atoms with van der Waals surface area (Å²) < 4.78 is 5.61. The van der Waals surface area contributed by atoms with Gasteiger partial charge in [0.05, 0.1) is 17.6 Å². The molecule has 96 valence electrons. The van der Waals surface area contributed by atoms with E-state index < -0.39 is 5.41 Å². The van der Waals surface area contributed by atoms with E-state index in [9.17, 15) is 9.59 Å². The normalized spacial score (nSPS) is 38.1. The van der Waals surface area contributed by atoms with Crippen molar-refractivity contribution in [3.05, 3.63) is 0 Å². The second-order valence-electron chi connectivity index (χ2n) is 5.48. The number of ether oxygens (including phenoxy) is 1. The maximum atomic E-state index is 12.4. The summed E-state index contributed by atoms with van der Waals surface area (Å²) in [4.78, 5) is 25.5. The summed E-state index contributed by atoms with van der Waals surface area (Å²) in [5.74, 6) is 0.0352. The Morgan fingerprint density at radius 1 is 1.41 bits per heavy atom. The first-order valence-electron chi connectivity index (χ1n) is 6.12. The zero-order valence-electron chi connectivity index (χ0n) is 10.7. The van der Waals surface area contributed by atoms with Crippen LogP contribution in [0.25, 0.3) is 0 Å². The van der Waals surface area contributed by atoms with Gasteiger partial charge in [0.25, 0.3) is 0 Å². The molecule has 0 aromatic carbocycles. The largest absolute Gasteiger partial charge is 0.372 e. The quantitative estimate of drug-likeness (QED) is 0.709. The van der Waals surface area contributed by atoms with Crippen molar-refractivity contribution in [2.45, 2.75) is 39.4 Å². The van der Waals surface area contributed by atoms with Gasteiger partial charge in [-0.25, -0.2) is 0 Å². The molecule has 0 aromatic heterocycles. The van der Waals surface area contributed by atoms with Crippen LogP contribution in [0, 0.1) is 5.41 Å². The van der Waals surface area contributed by atoms with Gasteiger partial charge < -0.3 is 15.0 Å². The van der Waals surface area contributed by atoms with E-state index in [2.05, 4.69) is 5.32 Å². The fraction of sp³-hybridized carbons (Fsp3) is 0.833. The summed E-state index contributed by atoms with van der Waals surface area (Å²) in [5.41, 5.74) is -0.576. The zero-order chi connectivity index (χ0) is 12.6. The molecule has 2 amide bonds. The molecule has 2 heterocycles. The summed E-state index contributed by atoms with van der Waals surface area (Å²) in [6, 6.07) is 0. The molecule has 3 unspecified atom stereocenters. The van der Waals surface area contributed by atoms with E-state index in [1.165, 1.54) is 0 Å². The first kappa shape index (κ1) is 12.4. The van der Waals surface area contributed by atoms with E-state index in [1.807, 2.05) is 25.7 Å². The number of nitrogens with zero attached hydrogens (tertiary/aromatic N) is 1. The maximum absolute atomic E-state index is 12.4. The average molecular weight is 240 g/mol. The summed E-state index contributed by atoms with van der Waals surface area (Å²) in [7, 11) is 0. The number of morpholine rings is 1. The highest BCUT2D eigenvalue weighted by Crippen LogP contribution is 2.29. The minimum atomic E-state index is -0.576. The second-order valence-corrected chi connectivity index (χ2v) is 5.48. The van der Waals surface area contributed by atoms with Crippen LogP contribution in [0.15, 0.2) is 0 Å². The van der Waals surface area contributed by atoms with E-state index in [-0.39, 0.29) is 24.0 Å². The Bertz CT molecular complexity index is 335. The molecule has 0 aromatic rings. The molecule has 0 bridgehead atoms. The molecule has 2 fully saturated rings. The Kier molecular flexibility index (Phi) is 3.12. The molecule has 0 spiro atoms. The molecule has 2 aliphatic heterocycles. The number of amides is 2. The fourth-order valence-electron chi connectivity index (χ4n) is 2.65. The van der Waals surface area contributed by atoms with Crippen LogP contribution in [0.2, 0.25) is 0 Å². The minimum absolute atomic E-state index is 0.0322. The van der Waals surface area contributed by atoms with Crippen molar-refractivity contribution in [2.24, 2.45) is 5.41 Å². The molecular weight excluding hydrogens is 220 g/mol. The highest BCUT2D eigenvalue weighted by atomic mass is 16.5. The lowest BCUT2D eigenvalue weighted by Gasteiger charge is -2.38. The van der Waals surface area contributed by atoms with E-state index in [1.54, 1.807) is 0 Å². The van der Waals surface area contributed by atoms with Gasteiger partial charge >= 0.3 is 0 Å². The minimum Gasteiger partial charge on any atom is -0.372 e. The molecule has 5 nitrogen and oxygen atoms in total. The van der Waals surface area contributed by atoms with E-state index in [0.29, 0.717) is 26.1 Å². The first-order chi connectivity index (χ1) is 7.90. The monoisotopic (exact) mass is 240 g/mol. The van der Waals surface area contributed by atoms with Gasteiger partial charge in [-0.15, -0.1) is 0 Å². The Hall–Kier alpha value is -1.10. The third kappa shape index (κ3) is 2.44. The third-order valence-electron chi connectivity index (χ3n) is 3.45. The third-order valence-corrected chi connectivity index (χ3v) is 3.45. The van der Waals surface area contributed by atoms with Crippen LogP contribution in [0.5, 0.6) is 0 Å². The SMILES string of the molecule is CC1CN(C(=O)C2(C)CNC(=O)C2)CC(C)O1. The van der Waals surface area contributed by atoms with Crippen LogP contribution < -0.4 is 5.32 Å². The van der Waals surface area contributed by atoms with Gasteiger partial charge in [0, 0.05) is 26.1 Å². The molecule has 0 aliphatic carbocycles. The Morgan fingerprint density at radius 3 is 2.47 bits per heavy atom. The topological polar surface area (TPSA) is 58.6 Å². The van der Waals surface area contributed by atoms with E-state index >= 15 is 0 Å². The predicted octanol–water partition coefficient (Wildman–Crippen LogP) is 0.148. The molecule has 3 atom stereocenters. The maximum Gasteiger partial charge on any atom is 0.230 e. The number of hydrogen-bond donors (Lipinski definition) is 1. The smallest absolute Gasteiger partial charge is 0.230 e. The molecular formula is C12H20N2O3. The van der Waals surface area contributed by atoms with Gasteiger partial charge in [-0.2, -0.15) is 0 Å². The highest BCUT2D eigenvalue weighted by molar-refractivity contribution is 5.92. The van der Waals surface area contributed by atoms with Gasteiger partial charge in [0.2, 0.25) is 11.8 Å². The highest BCUT2D eigenvalue weighted by Gasteiger charge is 2.44. The van der Waals surface area contributed by atoms with Crippen molar-refractivity contribution in [3.63, 3.8) is 0 Å². The number of rotatable bonds is 1. The van der Waals surface area contributed by atoms with Crippen LogP contribution in [0.4, 0.5) is 0 Å². The first-order valence-corrected chi connectivity index (χ1v) is 6.12. The van der Waals surface area contributed by atoms with E-state index in [4.69, 9.17) is 4.74 Å². The second kappa shape index (κ2) is 4.29. The number of nitrogens with one attached hydrogen (secondary N) is 1. The summed E-state index contributed by atoms with van der Waals surface area (Å²) in [6.07, 6.45) is 0.430. The summed E-state index contributed by atoms with van der Waals surface area (Å²) >= 11 is 0. The summed E-state index contributed by atoms with van der Waals surface area (Å²) in [5, 5.41) is 2.73. The number of hydrogen-bond acceptors (Lipinski definition) is 3. The summed E-state index contributed by atoms with van der Waals surface area (Å²) in [6.45, 7) is 7.48. The standard InChI is InChI=1S/C12H20N2O3/c1-8-5-14(6-9(2)17-8)11(16)12(3)4-10(15)13-7-12/h8-9H,4-7H2,1-3H3,(H,13,15). The lowest BCUT2D eigenvalue weighted by Crippen LogP contribution is -2.53. The van der Waals surface area contributed by atoms with Crippen LogP contribution in [-0.4, -0.2) is 48.6 Å². The molecule has 0 saturated carbocycles. The predicted molar refractivity (Wildman–Crippen MR) is 62.3 cm³/mol. The Balaban J connectivity index is 2.06. The lowest BCUT2D eigenvalue weighted by molar-refractivity contribution is -0.152. The Morgan fingerprint density at radius 2 is 2.00 bits per heavy atom. The van der Waals surface area contributed by atoms with Gasteiger partial charge in [-0.3, -0.25) is 9.59 Å². The van der Waals surface area contributed by atoms with Crippen LogP contribution in [-0.2, 0) is 14.3 Å². The van der Waals surface area contributed by atoms with Crippen molar-refractivity contribution in [3.8, 4) is 0 Å². The molecule has 5 heteroatoms. The Labute approximate surface area is 101 Å². The van der Waals surface area contributed by atoms with Gasteiger partial charge in [0.15, 0.2) is 0 Å². The number of carbonyl (C=O) groups is 2. The molecule has 0 radical (unpaired) electrons. The van der Waals surface area contributed by atoms with Crippen LogP contribution in [0.3, 0.4) is 0 Å². The lowest BCUT2D eigenvalue weighted by atomic mass is 9.87. The van der Waals surface area contributed by atoms with Crippen molar-refractivity contribution in [1.82, 2.24) is 10.2 Å². The zero-order valence-corrected chi connectivity index (χ0v) is 10.7. The van der Waals surface area contributed by atoms with Gasteiger partial charge in [0.1, 0.15) is 0 Å². The van der Waals surface area contributed by atoms with Crippen molar-refractivity contribution < 1.29 is 14.3 Å². The molecule has 17 heavy (non-hydrogen) atoms. The van der Waals surface area contributed by atoms with Crippen LogP contribution >= 0.6 is 0 Å². The van der Waals surface area contributed by atoms with E-state index in [0.717, 1.165) is 0 Å². The fourth-order valence-corrected chi connectivity index (χ4v) is 2.65. The average Bonchev–Trinajstić information content (AvgIpc) is 2.57. The molecule has 2 saturated heterocycles. The number of carbonyl (C=O) groups excluding carboxylic acids is 2. The van der Waals surface area contributed by atoms with Gasteiger partial charge in [-0.1, -0.05) is 0 Å². The van der Waals surface area contributed by atoms with Crippen molar-refractivity contribution in [1.29, 1.82) is 0 Å². The molecule has 2 aliphatic rings. The van der Waals surface area contributed by atoms with Gasteiger partial charge in [-0.05, 0) is 20.8 Å². The molecule has 1 N–H and O–H groups in total. The molecule has 2 rings (SSSR count). The van der Waals surface area contributed by atoms with Crippen molar-refractivity contribution in [2.75, 3.05) is 19.6 Å². The van der Waals surface area contributed by atoms with Crippen LogP contribution in [0.1, 0.15) is 27.2 Å².